The quantitative estimate of drug-likeness (QED) is 0.456. The van der Waals surface area contributed by atoms with Gasteiger partial charge in [-0.05, 0) is 68.6 Å². The molecular weight excluding hydrogens is 450 g/mol. The number of thiophene rings is 1. The average molecular weight is 478 g/mol. The third-order valence-corrected chi connectivity index (χ3v) is 7.97. The molecule has 0 aromatic carbocycles. The first-order chi connectivity index (χ1) is 16.7. The normalized spacial score (nSPS) is 19.4. The summed E-state index contributed by atoms with van der Waals surface area (Å²) in [7, 11) is 0. The maximum absolute atomic E-state index is 13.3. The summed E-state index contributed by atoms with van der Waals surface area (Å²) in [6.45, 7) is 0.701. The molecule has 2 fully saturated rings. The zero-order chi connectivity index (χ0) is 23.1. The van der Waals surface area contributed by atoms with Gasteiger partial charge in [0.25, 0.3) is 5.91 Å². The van der Waals surface area contributed by atoms with Crippen LogP contribution >= 0.6 is 11.3 Å². The molecule has 3 aliphatic carbocycles. The summed E-state index contributed by atoms with van der Waals surface area (Å²) in [4.78, 5) is 31.3. The van der Waals surface area contributed by atoms with Crippen LogP contribution in [0.25, 0.3) is 0 Å². The Morgan fingerprint density at radius 1 is 1.15 bits per heavy atom. The van der Waals surface area contributed by atoms with Gasteiger partial charge in [0.2, 0.25) is 11.9 Å². The lowest BCUT2D eigenvalue weighted by atomic mass is 9.91. The highest BCUT2D eigenvalue weighted by atomic mass is 32.1. The molecule has 3 aliphatic rings. The number of hydrogen-bond donors (Lipinski definition) is 3. The minimum atomic E-state index is -0.0771. The van der Waals surface area contributed by atoms with Gasteiger partial charge in [-0.3, -0.25) is 14.2 Å². The van der Waals surface area contributed by atoms with Crippen LogP contribution in [0.5, 0.6) is 0 Å². The molecule has 3 aromatic rings. The van der Waals surface area contributed by atoms with Crippen LogP contribution in [0.1, 0.15) is 58.9 Å². The van der Waals surface area contributed by atoms with E-state index in [1.807, 2.05) is 22.8 Å². The lowest BCUT2D eigenvalue weighted by Gasteiger charge is -2.25. The summed E-state index contributed by atoms with van der Waals surface area (Å²) >= 11 is 1.56. The van der Waals surface area contributed by atoms with Gasteiger partial charge in [-0.2, -0.15) is 0 Å². The maximum Gasteiger partial charge on any atom is 0.254 e. The first-order valence-corrected chi connectivity index (χ1v) is 12.8. The molecule has 0 spiro atoms. The number of fused-ring (bicyclic) bond motifs is 1. The average Bonchev–Trinajstić information content (AvgIpc) is 3.77. The van der Waals surface area contributed by atoms with Crippen molar-refractivity contribution in [3.8, 4) is 0 Å². The smallest absolute Gasteiger partial charge is 0.254 e. The van der Waals surface area contributed by atoms with E-state index in [-0.39, 0.29) is 23.8 Å². The highest BCUT2D eigenvalue weighted by molar-refractivity contribution is 7.17. The Kier molecular flexibility index (Phi) is 5.52. The van der Waals surface area contributed by atoms with Gasteiger partial charge in [0.1, 0.15) is 17.1 Å². The molecule has 0 aliphatic heterocycles. The fraction of sp³-hybridized carbons (Fsp3) is 0.458. The number of nitrogens with zero attached hydrogens (tertiary/aromatic N) is 4. The summed E-state index contributed by atoms with van der Waals surface area (Å²) in [6.07, 6.45) is 10.1. The van der Waals surface area contributed by atoms with Crippen molar-refractivity contribution in [3.63, 3.8) is 0 Å². The molecule has 34 heavy (non-hydrogen) atoms. The van der Waals surface area contributed by atoms with E-state index in [0.717, 1.165) is 31.2 Å². The van der Waals surface area contributed by atoms with Gasteiger partial charge >= 0.3 is 0 Å². The Hall–Kier alpha value is -3.27. The number of pyridine rings is 1. The van der Waals surface area contributed by atoms with Crippen LogP contribution in [0.2, 0.25) is 0 Å². The number of anilines is 3. The summed E-state index contributed by atoms with van der Waals surface area (Å²) in [6, 6.07) is 5.77. The lowest BCUT2D eigenvalue weighted by molar-refractivity contribution is -0.117. The molecule has 2 saturated carbocycles. The molecule has 2 amide bonds. The fourth-order valence-electron chi connectivity index (χ4n) is 4.49. The summed E-state index contributed by atoms with van der Waals surface area (Å²) in [5.74, 6) is 1.97. The van der Waals surface area contributed by atoms with Gasteiger partial charge in [0.15, 0.2) is 0 Å². The number of aromatic nitrogens is 4. The Balaban J connectivity index is 1.27. The number of carbonyl (C=O) groups is 2. The van der Waals surface area contributed by atoms with E-state index in [2.05, 4.69) is 31.1 Å². The van der Waals surface area contributed by atoms with Crippen molar-refractivity contribution in [2.24, 2.45) is 11.8 Å². The highest BCUT2D eigenvalue weighted by Crippen LogP contribution is 2.42. The molecule has 0 saturated heterocycles. The number of rotatable bonds is 8. The zero-order valence-electron chi connectivity index (χ0n) is 18.8. The topological polar surface area (TPSA) is 114 Å². The van der Waals surface area contributed by atoms with E-state index in [9.17, 15) is 9.59 Å². The molecule has 3 aromatic heterocycles. The molecule has 0 bridgehead atoms. The fourth-order valence-corrected chi connectivity index (χ4v) is 5.73. The molecule has 10 heteroatoms. The summed E-state index contributed by atoms with van der Waals surface area (Å²) in [5.41, 5.74) is 1.68. The van der Waals surface area contributed by atoms with Crippen molar-refractivity contribution < 1.29 is 9.59 Å². The minimum absolute atomic E-state index is 0.0343. The van der Waals surface area contributed by atoms with Crippen LogP contribution < -0.4 is 16.0 Å². The second-order valence-electron chi connectivity index (χ2n) is 9.42. The molecule has 3 N–H and O–H groups in total. The van der Waals surface area contributed by atoms with Crippen molar-refractivity contribution in [1.82, 2.24) is 25.1 Å². The molecular formula is C24H27N7O2S. The second kappa shape index (κ2) is 8.83. The van der Waals surface area contributed by atoms with Gasteiger partial charge in [-0.25, -0.2) is 4.98 Å². The third kappa shape index (κ3) is 4.42. The molecule has 176 valence electrons. The van der Waals surface area contributed by atoms with Crippen LogP contribution in [-0.4, -0.2) is 38.1 Å². The van der Waals surface area contributed by atoms with Crippen LogP contribution in [0.3, 0.4) is 0 Å². The van der Waals surface area contributed by atoms with Crippen LogP contribution in [0, 0.1) is 11.8 Å². The molecule has 9 nitrogen and oxygen atoms in total. The highest BCUT2D eigenvalue weighted by Gasteiger charge is 2.35. The van der Waals surface area contributed by atoms with Crippen LogP contribution in [0.4, 0.5) is 16.8 Å². The Morgan fingerprint density at radius 3 is 2.79 bits per heavy atom. The molecule has 3 heterocycles. The monoisotopic (exact) mass is 477 g/mol. The second-order valence-corrected chi connectivity index (χ2v) is 10.5. The van der Waals surface area contributed by atoms with Gasteiger partial charge in [0.05, 0.1) is 5.56 Å². The zero-order valence-corrected chi connectivity index (χ0v) is 19.6. The van der Waals surface area contributed by atoms with E-state index in [0.29, 0.717) is 41.2 Å². The Morgan fingerprint density at radius 2 is 2.03 bits per heavy atom. The number of hydrogen-bond acceptors (Lipinski definition) is 7. The largest absolute Gasteiger partial charge is 0.352 e. The Labute approximate surface area is 201 Å². The van der Waals surface area contributed by atoms with Crippen molar-refractivity contribution in [1.29, 1.82) is 0 Å². The van der Waals surface area contributed by atoms with E-state index in [1.165, 1.54) is 17.7 Å². The lowest BCUT2D eigenvalue weighted by Crippen LogP contribution is -2.28. The predicted octanol–water partition coefficient (Wildman–Crippen LogP) is 3.70. The number of carbonyl (C=O) groups excluding carboxylic acids is 2. The van der Waals surface area contributed by atoms with Gasteiger partial charge in [0, 0.05) is 29.6 Å². The molecule has 0 radical (unpaired) electrons. The van der Waals surface area contributed by atoms with Crippen LogP contribution in [0.15, 0.2) is 30.7 Å². The van der Waals surface area contributed by atoms with Crippen molar-refractivity contribution in [2.75, 3.05) is 17.2 Å². The summed E-state index contributed by atoms with van der Waals surface area (Å²) < 4.78 is 2.03. The summed E-state index contributed by atoms with van der Waals surface area (Å²) in [5, 5.41) is 18.5. The number of amides is 2. The van der Waals surface area contributed by atoms with Gasteiger partial charge < -0.3 is 16.0 Å². The van der Waals surface area contributed by atoms with Gasteiger partial charge in [-0.15, -0.1) is 21.5 Å². The SMILES string of the molecule is O=C(NCC1CC1)c1c(NC(=O)C2CC2)sc2c1C[C@@H](n1cnnc1Nc1ccccn1)CC2. The molecule has 6 rings (SSSR count). The first kappa shape index (κ1) is 21.3. The van der Waals surface area contributed by atoms with E-state index < -0.39 is 0 Å². The van der Waals surface area contributed by atoms with E-state index in [1.54, 1.807) is 23.9 Å². The van der Waals surface area contributed by atoms with Crippen molar-refractivity contribution >= 4 is 39.9 Å². The standard InChI is InChI=1S/C24H27N7O2S/c32-21(15-6-7-15)29-23-20(22(33)26-12-14-4-5-14)17-11-16(8-9-18(17)34-23)31-13-27-30-24(31)28-19-3-1-2-10-25-19/h1-3,10,13-16H,4-9,11-12H2,(H,26,33)(H,29,32)(H,25,28,30)/t16-/m0/s1. The molecule has 0 unspecified atom stereocenters. The number of aryl methyl sites for hydroxylation is 1. The molecule has 1 atom stereocenters. The Bertz CT molecular complexity index is 1210. The third-order valence-electron chi connectivity index (χ3n) is 6.77. The predicted molar refractivity (Wildman–Crippen MR) is 129 cm³/mol. The number of nitrogens with one attached hydrogen (secondary N) is 3. The van der Waals surface area contributed by atoms with Crippen LogP contribution in [-0.2, 0) is 17.6 Å². The van der Waals surface area contributed by atoms with E-state index >= 15 is 0 Å². The van der Waals surface area contributed by atoms with E-state index in [4.69, 9.17) is 0 Å². The minimum Gasteiger partial charge on any atom is -0.352 e. The van der Waals surface area contributed by atoms with Crippen molar-refractivity contribution in [2.45, 2.75) is 51.0 Å². The van der Waals surface area contributed by atoms with Gasteiger partial charge in [-0.1, -0.05) is 6.07 Å². The maximum atomic E-state index is 13.3. The first-order valence-electron chi connectivity index (χ1n) is 12.0. The van der Waals surface area contributed by atoms with Crippen molar-refractivity contribution in [3.05, 3.63) is 46.7 Å².